The number of aromatic nitrogens is 2. The standard InChI is InChI=1S/C18H24N4O3S/c1-3-11(2)21-14(23)8-19-15(24)9-22-10-20-17-16(18(22)25)12-6-4-5-7-13(12)26-17/h10-11H,3-9H2,1-2H3,(H,19,24)(H,21,23). The Morgan fingerprint density at radius 2 is 2.08 bits per heavy atom. The maximum absolute atomic E-state index is 12.8. The molecule has 8 heteroatoms. The van der Waals surface area contributed by atoms with Gasteiger partial charge in [0.25, 0.3) is 5.56 Å². The van der Waals surface area contributed by atoms with Crippen molar-refractivity contribution in [2.45, 2.75) is 58.5 Å². The van der Waals surface area contributed by atoms with Crippen molar-refractivity contribution in [3.63, 3.8) is 0 Å². The Kier molecular flexibility index (Phi) is 5.70. The molecule has 0 fully saturated rings. The highest BCUT2D eigenvalue weighted by molar-refractivity contribution is 7.18. The molecule has 0 saturated carbocycles. The molecule has 3 rings (SSSR count). The number of hydrogen-bond donors (Lipinski definition) is 2. The summed E-state index contributed by atoms with van der Waals surface area (Å²) in [6.07, 6.45) is 6.38. The number of thiophene rings is 1. The van der Waals surface area contributed by atoms with Crippen LogP contribution in [-0.2, 0) is 29.0 Å². The van der Waals surface area contributed by atoms with Crippen LogP contribution in [0.2, 0.25) is 0 Å². The van der Waals surface area contributed by atoms with Crippen molar-refractivity contribution in [1.82, 2.24) is 20.2 Å². The number of nitrogens with one attached hydrogen (secondary N) is 2. The van der Waals surface area contributed by atoms with E-state index in [9.17, 15) is 14.4 Å². The first kappa shape index (κ1) is 18.6. The average Bonchev–Trinajstić information content (AvgIpc) is 3.01. The van der Waals surface area contributed by atoms with Gasteiger partial charge in [-0.2, -0.15) is 0 Å². The first-order valence-electron chi connectivity index (χ1n) is 9.05. The van der Waals surface area contributed by atoms with E-state index in [1.807, 2.05) is 13.8 Å². The van der Waals surface area contributed by atoms with Crippen LogP contribution in [0.4, 0.5) is 0 Å². The minimum absolute atomic E-state index is 0.0680. The fraction of sp³-hybridized carbons (Fsp3) is 0.556. The number of fused-ring (bicyclic) bond motifs is 3. The van der Waals surface area contributed by atoms with Gasteiger partial charge < -0.3 is 10.6 Å². The van der Waals surface area contributed by atoms with Gasteiger partial charge in [0.2, 0.25) is 11.8 Å². The number of hydrogen-bond acceptors (Lipinski definition) is 5. The van der Waals surface area contributed by atoms with Gasteiger partial charge in [-0.15, -0.1) is 11.3 Å². The van der Waals surface area contributed by atoms with Crippen molar-refractivity contribution in [2.24, 2.45) is 0 Å². The number of amides is 2. The van der Waals surface area contributed by atoms with Gasteiger partial charge in [0.1, 0.15) is 11.4 Å². The van der Waals surface area contributed by atoms with Crippen LogP contribution in [0.3, 0.4) is 0 Å². The van der Waals surface area contributed by atoms with Crippen LogP contribution >= 0.6 is 11.3 Å². The minimum Gasteiger partial charge on any atom is -0.352 e. The number of carbonyl (C=O) groups excluding carboxylic acids is 2. The highest BCUT2D eigenvalue weighted by atomic mass is 32.1. The van der Waals surface area contributed by atoms with E-state index in [-0.39, 0.29) is 36.5 Å². The molecule has 2 amide bonds. The number of nitrogens with zero attached hydrogens (tertiary/aromatic N) is 2. The Morgan fingerprint density at radius 3 is 2.85 bits per heavy atom. The van der Waals surface area contributed by atoms with E-state index in [1.54, 1.807) is 11.3 Å². The van der Waals surface area contributed by atoms with E-state index in [2.05, 4.69) is 15.6 Å². The number of rotatable bonds is 6. The monoisotopic (exact) mass is 376 g/mol. The molecule has 1 aliphatic carbocycles. The molecule has 140 valence electrons. The molecule has 1 unspecified atom stereocenters. The SMILES string of the molecule is CCC(C)NC(=O)CNC(=O)Cn1cnc2sc3c(c2c1=O)CCCC3. The summed E-state index contributed by atoms with van der Waals surface area (Å²) < 4.78 is 1.33. The van der Waals surface area contributed by atoms with Gasteiger partial charge in [0.05, 0.1) is 18.3 Å². The zero-order chi connectivity index (χ0) is 18.7. The normalized spacial score (nSPS) is 14.7. The van der Waals surface area contributed by atoms with E-state index in [0.29, 0.717) is 5.39 Å². The van der Waals surface area contributed by atoms with Crippen molar-refractivity contribution in [2.75, 3.05) is 6.54 Å². The van der Waals surface area contributed by atoms with E-state index in [0.717, 1.165) is 42.5 Å². The lowest BCUT2D eigenvalue weighted by Gasteiger charge is -2.12. The molecule has 2 N–H and O–H groups in total. The topological polar surface area (TPSA) is 93.1 Å². The second-order valence-electron chi connectivity index (χ2n) is 6.72. The van der Waals surface area contributed by atoms with Gasteiger partial charge >= 0.3 is 0 Å². The van der Waals surface area contributed by atoms with Crippen molar-refractivity contribution in [3.8, 4) is 0 Å². The minimum atomic E-state index is -0.378. The zero-order valence-corrected chi connectivity index (χ0v) is 15.9. The summed E-state index contributed by atoms with van der Waals surface area (Å²) in [5.41, 5.74) is 0.935. The van der Waals surface area contributed by atoms with Crippen LogP contribution < -0.4 is 16.2 Å². The highest BCUT2D eigenvalue weighted by Crippen LogP contribution is 2.33. The third kappa shape index (κ3) is 3.95. The molecule has 1 aliphatic rings. The number of carbonyl (C=O) groups is 2. The molecule has 26 heavy (non-hydrogen) atoms. The quantitative estimate of drug-likeness (QED) is 0.796. The third-order valence-corrected chi connectivity index (χ3v) is 5.92. The highest BCUT2D eigenvalue weighted by Gasteiger charge is 2.20. The fourth-order valence-corrected chi connectivity index (χ4v) is 4.33. The van der Waals surface area contributed by atoms with Gasteiger partial charge in [-0.05, 0) is 44.6 Å². The Bertz CT molecular complexity index is 886. The van der Waals surface area contributed by atoms with Crippen LogP contribution in [0.25, 0.3) is 10.2 Å². The third-order valence-electron chi connectivity index (χ3n) is 4.72. The lowest BCUT2D eigenvalue weighted by molar-refractivity contribution is -0.126. The van der Waals surface area contributed by atoms with E-state index in [1.165, 1.54) is 15.8 Å². The Hall–Kier alpha value is -2.22. The summed E-state index contributed by atoms with van der Waals surface area (Å²) in [6.45, 7) is 3.65. The van der Waals surface area contributed by atoms with E-state index < -0.39 is 0 Å². The summed E-state index contributed by atoms with van der Waals surface area (Å²) in [4.78, 5) is 43.0. The van der Waals surface area contributed by atoms with Gasteiger partial charge in [0, 0.05) is 10.9 Å². The van der Waals surface area contributed by atoms with Crippen molar-refractivity contribution in [3.05, 3.63) is 27.1 Å². The largest absolute Gasteiger partial charge is 0.352 e. The molecule has 7 nitrogen and oxygen atoms in total. The second kappa shape index (κ2) is 7.99. The predicted octanol–water partition coefficient (Wildman–Crippen LogP) is 1.37. The first-order valence-corrected chi connectivity index (χ1v) is 9.87. The van der Waals surface area contributed by atoms with Crippen molar-refractivity contribution >= 4 is 33.4 Å². The van der Waals surface area contributed by atoms with Gasteiger partial charge in [0.15, 0.2) is 0 Å². The molecule has 0 radical (unpaired) electrons. The second-order valence-corrected chi connectivity index (χ2v) is 7.81. The Balaban J connectivity index is 1.69. The summed E-state index contributed by atoms with van der Waals surface area (Å²) in [6, 6.07) is 0.0680. The van der Waals surface area contributed by atoms with Gasteiger partial charge in [-0.1, -0.05) is 6.92 Å². The molecule has 2 aromatic heterocycles. The summed E-state index contributed by atoms with van der Waals surface area (Å²) >= 11 is 1.59. The maximum Gasteiger partial charge on any atom is 0.262 e. The maximum atomic E-state index is 12.8. The molecule has 0 saturated heterocycles. The zero-order valence-electron chi connectivity index (χ0n) is 15.1. The Morgan fingerprint density at radius 1 is 1.31 bits per heavy atom. The van der Waals surface area contributed by atoms with Crippen LogP contribution in [0.1, 0.15) is 43.6 Å². The van der Waals surface area contributed by atoms with Crippen LogP contribution in [0, 0.1) is 0 Å². The van der Waals surface area contributed by atoms with Crippen LogP contribution in [0.5, 0.6) is 0 Å². The molecular weight excluding hydrogens is 352 g/mol. The summed E-state index contributed by atoms with van der Waals surface area (Å²) in [5, 5.41) is 6.00. The van der Waals surface area contributed by atoms with Crippen LogP contribution in [0.15, 0.2) is 11.1 Å². The summed E-state index contributed by atoms with van der Waals surface area (Å²) in [7, 11) is 0. The molecule has 2 aromatic rings. The van der Waals surface area contributed by atoms with Gasteiger partial charge in [-0.25, -0.2) is 4.98 Å². The molecular formula is C18H24N4O3S. The van der Waals surface area contributed by atoms with Gasteiger partial charge in [-0.3, -0.25) is 19.0 Å². The molecule has 0 bridgehead atoms. The fourth-order valence-electron chi connectivity index (χ4n) is 3.11. The lowest BCUT2D eigenvalue weighted by Crippen LogP contribution is -2.42. The summed E-state index contributed by atoms with van der Waals surface area (Å²) in [5.74, 6) is -0.614. The smallest absolute Gasteiger partial charge is 0.262 e. The average molecular weight is 376 g/mol. The van der Waals surface area contributed by atoms with Crippen LogP contribution in [-0.4, -0.2) is 34.0 Å². The molecule has 0 aromatic carbocycles. The molecule has 0 spiro atoms. The molecule has 1 atom stereocenters. The van der Waals surface area contributed by atoms with E-state index in [4.69, 9.17) is 0 Å². The van der Waals surface area contributed by atoms with E-state index >= 15 is 0 Å². The molecule has 0 aliphatic heterocycles. The van der Waals surface area contributed by atoms with Crippen molar-refractivity contribution < 1.29 is 9.59 Å². The predicted molar refractivity (Wildman–Crippen MR) is 101 cm³/mol. The number of aryl methyl sites for hydroxylation is 2. The lowest BCUT2D eigenvalue weighted by atomic mass is 9.97. The first-order chi connectivity index (χ1) is 12.5. The Labute approximate surface area is 155 Å². The van der Waals surface area contributed by atoms with Crippen molar-refractivity contribution in [1.29, 1.82) is 0 Å². The molecule has 2 heterocycles.